The van der Waals surface area contributed by atoms with Gasteiger partial charge >= 0.3 is 0 Å². The maximum absolute atomic E-state index is 9.60. The standard InChI is InChI=1S/C14H17N3OS.C5H10O2/c1-18-12-4-2-11(3-5-12)13-10-19-14(16-13)17-8-6-15-7-9-17;1-5(2,3)7-4-6/h2-5,10,15H,6-9H2,1H3;4H,1-3H3. The first-order valence-electron chi connectivity index (χ1n) is 8.60. The van der Waals surface area contributed by atoms with Gasteiger partial charge in [0.2, 0.25) is 0 Å². The van der Waals surface area contributed by atoms with Crippen LogP contribution in [0.1, 0.15) is 20.8 Å². The van der Waals surface area contributed by atoms with Crippen LogP contribution >= 0.6 is 11.3 Å². The minimum absolute atomic E-state index is 0.318. The first kappa shape index (κ1) is 20.2. The van der Waals surface area contributed by atoms with Crippen LogP contribution in [0.15, 0.2) is 29.6 Å². The van der Waals surface area contributed by atoms with E-state index in [4.69, 9.17) is 9.72 Å². The number of hydrogen-bond acceptors (Lipinski definition) is 7. The van der Waals surface area contributed by atoms with Gasteiger partial charge < -0.3 is 19.7 Å². The van der Waals surface area contributed by atoms with Gasteiger partial charge in [-0.2, -0.15) is 0 Å². The van der Waals surface area contributed by atoms with Crippen molar-refractivity contribution in [2.24, 2.45) is 0 Å². The van der Waals surface area contributed by atoms with Crippen molar-refractivity contribution in [3.63, 3.8) is 0 Å². The van der Waals surface area contributed by atoms with Crippen molar-refractivity contribution >= 4 is 22.9 Å². The highest BCUT2D eigenvalue weighted by Gasteiger charge is 2.14. The highest BCUT2D eigenvalue weighted by atomic mass is 32.1. The Morgan fingerprint density at radius 1 is 1.19 bits per heavy atom. The first-order chi connectivity index (χ1) is 12.4. The molecule has 2 heterocycles. The Bertz CT molecular complexity index is 674. The molecule has 0 unspecified atom stereocenters. The zero-order valence-electron chi connectivity index (χ0n) is 15.8. The Balaban J connectivity index is 0.000000298. The summed E-state index contributed by atoms with van der Waals surface area (Å²) in [5.74, 6) is 0.876. The number of rotatable bonds is 4. The summed E-state index contributed by atoms with van der Waals surface area (Å²) in [7, 11) is 1.68. The lowest BCUT2D eigenvalue weighted by Gasteiger charge is -2.26. The van der Waals surface area contributed by atoms with Crippen molar-refractivity contribution in [1.29, 1.82) is 0 Å². The second-order valence-electron chi connectivity index (χ2n) is 6.81. The quantitative estimate of drug-likeness (QED) is 0.826. The number of nitrogens with zero attached hydrogens (tertiary/aromatic N) is 2. The SMILES string of the molecule is CC(C)(C)OC=O.COc1ccc(-c2csc(N3CCNCC3)n2)cc1. The lowest BCUT2D eigenvalue weighted by Crippen LogP contribution is -2.43. The number of methoxy groups -OCH3 is 1. The zero-order valence-corrected chi connectivity index (χ0v) is 16.6. The van der Waals surface area contributed by atoms with E-state index in [1.165, 1.54) is 0 Å². The van der Waals surface area contributed by atoms with E-state index < -0.39 is 0 Å². The van der Waals surface area contributed by atoms with Crippen molar-refractivity contribution in [3.05, 3.63) is 29.6 Å². The van der Waals surface area contributed by atoms with Crippen molar-refractivity contribution in [2.75, 3.05) is 38.2 Å². The molecule has 0 bridgehead atoms. The van der Waals surface area contributed by atoms with Crippen LogP contribution in [0.2, 0.25) is 0 Å². The number of thiazole rings is 1. The number of nitrogens with one attached hydrogen (secondary N) is 1. The molecule has 0 amide bonds. The molecule has 0 saturated carbocycles. The Labute approximate surface area is 159 Å². The fraction of sp³-hybridized carbons (Fsp3) is 0.474. The van der Waals surface area contributed by atoms with Gasteiger partial charge in [0, 0.05) is 37.1 Å². The van der Waals surface area contributed by atoms with Crippen LogP contribution in [0.3, 0.4) is 0 Å². The minimum atomic E-state index is -0.318. The number of carbonyl (C=O) groups excluding carboxylic acids is 1. The highest BCUT2D eigenvalue weighted by Crippen LogP contribution is 2.28. The van der Waals surface area contributed by atoms with Crippen LogP contribution < -0.4 is 15.0 Å². The third-order valence-corrected chi connectivity index (χ3v) is 4.57. The molecule has 1 fully saturated rings. The Hall–Kier alpha value is -2.12. The second-order valence-corrected chi connectivity index (χ2v) is 7.64. The van der Waals surface area contributed by atoms with E-state index in [2.05, 4.69) is 32.5 Å². The molecule has 0 atom stereocenters. The number of piperazine rings is 1. The van der Waals surface area contributed by atoms with Crippen LogP contribution in [0.5, 0.6) is 5.75 Å². The average molecular weight is 378 g/mol. The lowest BCUT2D eigenvalue weighted by atomic mass is 10.2. The topological polar surface area (TPSA) is 63.7 Å². The van der Waals surface area contributed by atoms with E-state index >= 15 is 0 Å². The van der Waals surface area contributed by atoms with E-state index in [1.807, 2.05) is 32.9 Å². The average Bonchev–Trinajstić information content (AvgIpc) is 3.12. The van der Waals surface area contributed by atoms with E-state index in [0.717, 1.165) is 48.3 Å². The van der Waals surface area contributed by atoms with Crippen molar-refractivity contribution in [2.45, 2.75) is 26.4 Å². The molecular formula is C19H27N3O3S. The summed E-state index contributed by atoms with van der Waals surface area (Å²) in [6.45, 7) is 10.1. The molecule has 7 heteroatoms. The van der Waals surface area contributed by atoms with Gasteiger partial charge in [-0.3, -0.25) is 4.79 Å². The molecule has 1 aliphatic rings. The molecule has 1 saturated heterocycles. The molecule has 26 heavy (non-hydrogen) atoms. The van der Waals surface area contributed by atoms with Gasteiger partial charge in [0.25, 0.3) is 6.47 Å². The fourth-order valence-corrected chi connectivity index (χ4v) is 3.19. The molecule has 1 N–H and O–H groups in total. The molecule has 1 aliphatic heterocycles. The Morgan fingerprint density at radius 3 is 2.35 bits per heavy atom. The zero-order chi connectivity index (χ0) is 19.0. The molecule has 3 rings (SSSR count). The fourth-order valence-electron chi connectivity index (χ4n) is 2.30. The molecular weight excluding hydrogens is 350 g/mol. The predicted molar refractivity (Wildman–Crippen MR) is 106 cm³/mol. The van der Waals surface area contributed by atoms with E-state index in [9.17, 15) is 4.79 Å². The van der Waals surface area contributed by atoms with Gasteiger partial charge in [-0.15, -0.1) is 11.3 Å². The molecule has 142 valence electrons. The lowest BCUT2D eigenvalue weighted by molar-refractivity contribution is -0.138. The molecule has 0 spiro atoms. The van der Waals surface area contributed by atoms with E-state index in [0.29, 0.717) is 6.47 Å². The smallest absolute Gasteiger partial charge is 0.293 e. The van der Waals surface area contributed by atoms with Crippen LogP contribution in [-0.4, -0.2) is 50.3 Å². The largest absolute Gasteiger partial charge is 0.497 e. The number of anilines is 1. The summed E-state index contributed by atoms with van der Waals surface area (Å²) >= 11 is 1.72. The van der Waals surface area contributed by atoms with Gasteiger partial charge in [-0.05, 0) is 45.0 Å². The number of aromatic nitrogens is 1. The van der Waals surface area contributed by atoms with Crippen molar-refractivity contribution in [1.82, 2.24) is 10.3 Å². The third kappa shape index (κ3) is 6.31. The van der Waals surface area contributed by atoms with Crippen LogP contribution in [0.4, 0.5) is 5.13 Å². The van der Waals surface area contributed by atoms with Crippen LogP contribution in [-0.2, 0) is 9.53 Å². The summed E-state index contributed by atoms with van der Waals surface area (Å²) in [6.07, 6.45) is 0. The van der Waals surface area contributed by atoms with Gasteiger partial charge in [0.1, 0.15) is 11.4 Å². The van der Waals surface area contributed by atoms with Gasteiger partial charge in [-0.25, -0.2) is 4.98 Å². The van der Waals surface area contributed by atoms with Crippen LogP contribution in [0.25, 0.3) is 11.3 Å². The molecule has 0 radical (unpaired) electrons. The van der Waals surface area contributed by atoms with Gasteiger partial charge in [0.05, 0.1) is 12.8 Å². The first-order valence-corrected chi connectivity index (χ1v) is 9.48. The number of ether oxygens (including phenoxy) is 2. The normalized spacial score (nSPS) is 14.2. The van der Waals surface area contributed by atoms with E-state index in [1.54, 1.807) is 18.4 Å². The summed E-state index contributed by atoms with van der Waals surface area (Å²) in [6, 6.07) is 8.04. The van der Waals surface area contributed by atoms with Crippen LogP contribution in [0, 0.1) is 0 Å². The minimum Gasteiger partial charge on any atom is -0.497 e. The second kappa shape index (κ2) is 9.54. The number of hydrogen-bond donors (Lipinski definition) is 1. The molecule has 1 aromatic carbocycles. The van der Waals surface area contributed by atoms with Crippen molar-refractivity contribution in [3.8, 4) is 17.0 Å². The summed E-state index contributed by atoms with van der Waals surface area (Å²) < 4.78 is 9.72. The summed E-state index contributed by atoms with van der Waals surface area (Å²) in [4.78, 5) is 16.7. The maximum atomic E-state index is 9.60. The van der Waals surface area contributed by atoms with Gasteiger partial charge in [-0.1, -0.05) is 0 Å². The summed E-state index contributed by atoms with van der Waals surface area (Å²) in [5.41, 5.74) is 1.86. The molecule has 2 aromatic rings. The number of benzene rings is 1. The highest BCUT2D eigenvalue weighted by molar-refractivity contribution is 7.14. The molecule has 1 aromatic heterocycles. The number of carbonyl (C=O) groups is 1. The Morgan fingerprint density at radius 2 is 1.85 bits per heavy atom. The Kier molecular flexibility index (Phi) is 7.41. The van der Waals surface area contributed by atoms with Gasteiger partial charge in [0.15, 0.2) is 5.13 Å². The monoisotopic (exact) mass is 377 g/mol. The molecule has 6 nitrogen and oxygen atoms in total. The third-order valence-electron chi connectivity index (χ3n) is 3.67. The van der Waals surface area contributed by atoms with Crippen molar-refractivity contribution < 1.29 is 14.3 Å². The predicted octanol–water partition coefficient (Wildman–Crippen LogP) is 3.19. The summed E-state index contributed by atoms with van der Waals surface area (Å²) in [5, 5.41) is 6.60. The van der Waals surface area contributed by atoms with E-state index in [-0.39, 0.29) is 5.60 Å². The molecule has 0 aliphatic carbocycles. The maximum Gasteiger partial charge on any atom is 0.293 e.